The summed E-state index contributed by atoms with van der Waals surface area (Å²) in [5.74, 6) is 1.65. The van der Waals surface area contributed by atoms with Crippen molar-refractivity contribution in [2.24, 2.45) is 17.8 Å². The van der Waals surface area contributed by atoms with Crippen molar-refractivity contribution in [1.82, 2.24) is 0 Å². The Morgan fingerprint density at radius 1 is 1.16 bits per heavy atom. The number of fused-ring (bicyclic) bond motifs is 1. The molecule has 1 aliphatic heterocycles. The second kappa shape index (κ2) is 5.82. The number of ether oxygens (including phenoxy) is 2. The Morgan fingerprint density at radius 3 is 2.68 bits per heavy atom. The van der Waals surface area contributed by atoms with E-state index >= 15 is 0 Å². The average Bonchev–Trinajstić information content (AvgIpc) is 3.17. The van der Waals surface area contributed by atoms with Gasteiger partial charge in [0, 0.05) is 0 Å². The van der Waals surface area contributed by atoms with E-state index in [-0.39, 0.29) is 11.9 Å². The predicted octanol–water partition coefficient (Wildman–Crippen LogP) is 3.31. The third kappa shape index (κ3) is 3.31. The van der Waals surface area contributed by atoms with Gasteiger partial charge < -0.3 is 9.47 Å². The number of hydrogen-bond acceptors (Lipinski definition) is 3. The summed E-state index contributed by atoms with van der Waals surface area (Å²) in [6.07, 6.45) is 10.2. The van der Waals surface area contributed by atoms with E-state index in [1.807, 2.05) is 0 Å². The Hall–Kier alpha value is -0.570. The topological polar surface area (TPSA) is 38.8 Å². The number of esters is 1. The highest BCUT2D eigenvalue weighted by molar-refractivity contribution is 5.72. The molecule has 0 bridgehead atoms. The van der Waals surface area contributed by atoms with Crippen LogP contribution >= 0.6 is 0 Å². The molecule has 0 aromatic rings. The standard InChI is InChI=1S/C16H26O3/c1-11-9-14-15(19-14)10-13(11)7-8-18-16(17)12-5-3-2-4-6-12/h11-15H,2-10H2,1H3. The molecule has 2 saturated carbocycles. The number of carbonyl (C=O) groups excluding carboxylic acids is 1. The van der Waals surface area contributed by atoms with E-state index in [1.54, 1.807) is 0 Å². The first kappa shape index (κ1) is 13.4. The lowest BCUT2D eigenvalue weighted by Crippen LogP contribution is -2.25. The van der Waals surface area contributed by atoms with Gasteiger partial charge in [0.25, 0.3) is 0 Å². The Morgan fingerprint density at radius 2 is 1.89 bits per heavy atom. The third-order valence-electron chi connectivity index (χ3n) is 5.30. The van der Waals surface area contributed by atoms with E-state index in [9.17, 15) is 4.79 Å². The van der Waals surface area contributed by atoms with Crippen LogP contribution in [0.5, 0.6) is 0 Å². The van der Waals surface area contributed by atoms with Gasteiger partial charge in [-0.2, -0.15) is 0 Å². The quantitative estimate of drug-likeness (QED) is 0.579. The maximum atomic E-state index is 11.9. The van der Waals surface area contributed by atoms with E-state index in [4.69, 9.17) is 9.47 Å². The smallest absolute Gasteiger partial charge is 0.308 e. The Bertz CT molecular complexity index is 322. The molecule has 3 fully saturated rings. The second-order valence-electron chi connectivity index (χ2n) is 6.71. The zero-order chi connectivity index (χ0) is 13.2. The van der Waals surface area contributed by atoms with Crippen LogP contribution in [0.25, 0.3) is 0 Å². The van der Waals surface area contributed by atoms with Crippen molar-refractivity contribution in [2.75, 3.05) is 6.61 Å². The van der Waals surface area contributed by atoms with Gasteiger partial charge in [-0.3, -0.25) is 4.79 Å². The minimum absolute atomic E-state index is 0.0590. The monoisotopic (exact) mass is 266 g/mol. The van der Waals surface area contributed by atoms with Crippen molar-refractivity contribution in [3.8, 4) is 0 Å². The first-order valence-corrected chi connectivity index (χ1v) is 8.06. The number of hydrogen-bond donors (Lipinski definition) is 0. The molecule has 19 heavy (non-hydrogen) atoms. The highest BCUT2D eigenvalue weighted by atomic mass is 16.6. The molecule has 3 nitrogen and oxygen atoms in total. The fourth-order valence-corrected chi connectivity index (χ4v) is 3.85. The molecule has 0 amide bonds. The van der Waals surface area contributed by atoms with Crippen LogP contribution in [-0.2, 0) is 14.3 Å². The molecule has 1 heterocycles. The van der Waals surface area contributed by atoms with Crippen LogP contribution in [0, 0.1) is 17.8 Å². The van der Waals surface area contributed by atoms with Gasteiger partial charge in [0.1, 0.15) is 0 Å². The molecule has 1 saturated heterocycles. The first-order chi connectivity index (χ1) is 9.24. The normalized spacial score (nSPS) is 38.6. The molecule has 4 atom stereocenters. The van der Waals surface area contributed by atoms with Crippen molar-refractivity contribution < 1.29 is 14.3 Å². The van der Waals surface area contributed by atoms with E-state index in [0.717, 1.165) is 25.2 Å². The average molecular weight is 266 g/mol. The minimum atomic E-state index is 0.0590. The van der Waals surface area contributed by atoms with Crippen molar-refractivity contribution in [1.29, 1.82) is 0 Å². The molecule has 3 aliphatic rings. The van der Waals surface area contributed by atoms with Crippen molar-refractivity contribution >= 4 is 5.97 Å². The molecule has 108 valence electrons. The summed E-state index contributed by atoms with van der Waals surface area (Å²) in [4.78, 5) is 11.9. The molecule has 0 N–H and O–H groups in total. The van der Waals surface area contributed by atoms with Crippen LogP contribution in [0.15, 0.2) is 0 Å². The Balaban J connectivity index is 1.36. The Kier molecular flexibility index (Phi) is 4.11. The summed E-state index contributed by atoms with van der Waals surface area (Å²) < 4.78 is 11.1. The summed E-state index contributed by atoms with van der Waals surface area (Å²) >= 11 is 0. The molecule has 2 aliphatic carbocycles. The highest BCUT2D eigenvalue weighted by Gasteiger charge is 2.46. The Labute approximate surface area is 116 Å². The highest BCUT2D eigenvalue weighted by Crippen LogP contribution is 2.43. The molecule has 4 unspecified atom stereocenters. The third-order valence-corrected chi connectivity index (χ3v) is 5.30. The zero-order valence-corrected chi connectivity index (χ0v) is 12.0. The lowest BCUT2D eigenvalue weighted by molar-refractivity contribution is -0.150. The van der Waals surface area contributed by atoms with Gasteiger partial charge in [-0.1, -0.05) is 26.2 Å². The van der Waals surface area contributed by atoms with E-state index in [1.165, 1.54) is 32.1 Å². The SMILES string of the molecule is CC1CC2OC2CC1CCOC(=O)C1CCCCC1. The molecule has 0 aromatic heterocycles. The van der Waals surface area contributed by atoms with E-state index in [2.05, 4.69) is 6.92 Å². The van der Waals surface area contributed by atoms with Crippen LogP contribution in [-0.4, -0.2) is 24.8 Å². The summed E-state index contributed by atoms with van der Waals surface area (Å²) in [6.45, 7) is 2.92. The molecule has 3 heteroatoms. The zero-order valence-electron chi connectivity index (χ0n) is 12.0. The van der Waals surface area contributed by atoms with Crippen LogP contribution in [0.4, 0.5) is 0 Å². The van der Waals surface area contributed by atoms with Gasteiger partial charge in [0.15, 0.2) is 0 Å². The second-order valence-corrected chi connectivity index (χ2v) is 6.71. The van der Waals surface area contributed by atoms with Crippen molar-refractivity contribution in [3.63, 3.8) is 0 Å². The first-order valence-electron chi connectivity index (χ1n) is 8.06. The van der Waals surface area contributed by atoms with E-state index < -0.39 is 0 Å². The van der Waals surface area contributed by atoms with Gasteiger partial charge >= 0.3 is 5.97 Å². The van der Waals surface area contributed by atoms with Crippen LogP contribution in [0.3, 0.4) is 0 Å². The predicted molar refractivity (Wildman–Crippen MR) is 72.7 cm³/mol. The summed E-state index contributed by atoms with van der Waals surface area (Å²) in [5.41, 5.74) is 0. The van der Waals surface area contributed by atoms with Gasteiger partial charge in [-0.05, 0) is 43.9 Å². The fraction of sp³-hybridized carbons (Fsp3) is 0.938. The van der Waals surface area contributed by atoms with Gasteiger partial charge in [0.05, 0.1) is 24.7 Å². The number of epoxide rings is 1. The van der Waals surface area contributed by atoms with Crippen LogP contribution < -0.4 is 0 Å². The van der Waals surface area contributed by atoms with Crippen molar-refractivity contribution in [2.45, 2.75) is 70.5 Å². The van der Waals surface area contributed by atoms with Gasteiger partial charge in [-0.15, -0.1) is 0 Å². The summed E-state index contributed by atoms with van der Waals surface area (Å²) in [5, 5.41) is 0. The minimum Gasteiger partial charge on any atom is -0.465 e. The van der Waals surface area contributed by atoms with Gasteiger partial charge in [-0.25, -0.2) is 0 Å². The van der Waals surface area contributed by atoms with Crippen molar-refractivity contribution in [3.05, 3.63) is 0 Å². The summed E-state index contributed by atoms with van der Waals surface area (Å²) in [6, 6.07) is 0. The van der Waals surface area contributed by atoms with Crippen LogP contribution in [0.1, 0.15) is 58.3 Å². The number of rotatable bonds is 4. The molecular formula is C16H26O3. The van der Waals surface area contributed by atoms with Gasteiger partial charge in [0.2, 0.25) is 0 Å². The molecule has 0 aromatic carbocycles. The maximum absolute atomic E-state index is 11.9. The number of carbonyl (C=O) groups is 1. The molecule has 0 radical (unpaired) electrons. The maximum Gasteiger partial charge on any atom is 0.308 e. The lowest BCUT2D eigenvalue weighted by atomic mass is 9.79. The molecular weight excluding hydrogens is 240 g/mol. The molecule has 3 rings (SSSR count). The fourth-order valence-electron chi connectivity index (χ4n) is 3.85. The molecule has 0 spiro atoms. The largest absolute Gasteiger partial charge is 0.465 e. The van der Waals surface area contributed by atoms with Crippen LogP contribution in [0.2, 0.25) is 0 Å². The summed E-state index contributed by atoms with van der Waals surface area (Å²) in [7, 11) is 0. The lowest BCUT2D eigenvalue weighted by Gasteiger charge is -2.26. The van der Waals surface area contributed by atoms with E-state index in [0.29, 0.717) is 24.7 Å².